The summed E-state index contributed by atoms with van der Waals surface area (Å²) in [6.07, 6.45) is 0.628. The van der Waals surface area contributed by atoms with E-state index >= 15 is 0 Å². The van der Waals surface area contributed by atoms with Crippen LogP contribution < -0.4 is 4.74 Å². The number of ether oxygens (including phenoxy) is 2. The molecule has 5 heteroatoms. The highest BCUT2D eigenvalue weighted by Crippen LogP contribution is 2.43. The van der Waals surface area contributed by atoms with Crippen molar-refractivity contribution in [1.29, 1.82) is 0 Å². The van der Waals surface area contributed by atoms with Gasteiger partial charge in [0, 0.05) is 5.41 Å². The van der Waals surface area contributed by atoms with Gasteiger partial charge in [0.1, 0.15) is 18.9 Å². The lowest BCUT2D eigenvalue weighted by molar-refractivity contribution is -0.923. The Morgan fingerprint density at radius 2 is 1.56 bits per heavy atom. The molecule has 1 aromatic carbocycles. The molecule has 1 N–H and O–H groups in total. The minimum atomic E-state index is -1.71. The molecule has 0 saturated carbocycles. The van der Waals surface area contributed by atoms with Crippen LogP contribution in [0.3, 0.4) is 0 Å². The monoisotopic (exact) mass is 380 g/mol. The number of methoxy groups -OCH3 is 1. The van der Waals surface area contributed by atoms with Gasteiger partial charge < -0.3 is 19.1 Å². The molecular weight excluding hydrogens is 342 g/mol. The van der Waals surface area contributed by atoms with E-state index in [9.17, 15) is 9.90 Å². The molecule has 5 nitrogen and oxygen atoms in total. The Labute approximate surface area is 164 Å². The lowest BCUT2D eigenvalue weighted by atomic mass is 9.69. The Bertz CT molecular complexity index is 585. The summed E-state index contributed by atoms with van der Waals surface area (Å²) in [5, 5.41) is 11.5. The van der Waals surface area contributed by atoms with Gasteiger partial charge in [-0.25, -0.2) is 4.79 Å². The molecule has 0 spiro atoms. The number of aliphatic hydroxyl groups is 1. The van der Waals surface area contributed by atoms with Crippen molar-refractivity contribution in [1.82, 2.24) is 0 Å². The molecule has 0 fully saturated rings. The van der Waals surface area contributed by atoms with Gasteiger partial charge in [-0.2, -0.15) is 0 Å². The number of hydrogen-bond acceptors (Lipinski definition) is 4. The maximum atomic E-state index is 13.1. The molecular formula is C22H38NO4+. The predicted octanol–water partition coefficient (Wildman–Crippen LogP) is 3.74. The van der Waals surface area contributed by atoms with Gasteiger partial charge in [0.2, 0.25) is 0 Å². The lowest BCUT2D eigenvalue weighted by Crippen LogP contribution is -2.52. The van der Waals surface area contributed by atoms with E-state index in [1.807, 2.05) is 20.8 Å². The van der Waals surface area contributed by atoms with Crippen molar-refractivity contribution >= 4 is 5.97 Å². The molecule has 1 aromatic rings. The van der Waals surface area contributed by atoms with Gasteiger partial charge in [0.15, 0.2) is 5.60 Å². The van der Waals surface area contributed by atoms with Crippen molar-refractivity contribution < 1.29 is 23.9 Å². The first kappa shape index (κ1) is 23.4. The van der Waals surface area contributed by atoms with Crippen molar-refractivity contribution in [2.75, 3.05) is 39.9 Å². The van der Waals surface area contributed by atoms with E-state index in [1.165, 1.54) is 0 Å². The number of likely N-dealkylation sites (N-methyl/N-ethyl adjacent to an activating group) is 1. The predicted molar refractivity (Wildman–Crippen MR) is 109 cm³/mol. The van der Waals surface area contributed by atoms with Gasteiger partial charge in [-0.05, 0) is 44.9 Å². The third-order valence-corrected chi connectivity index (χ3v) is 6.48. The van der Waals surface area contributed by atoms with Crippen LogP contribution in [0.15, 0.2) is 24.3 Å². The van der Waals surface area contributed by atoms with E-state index in [4.69, 9.17) is 9.47 Å². The normalized spacial score (nSPS) is 14.5. The Balaban J connectivity index is 3.08. The van der Waals surface area contributed by atoms with Crippen LogP contribution in [-0.4, -0.2) is 55.5 Å². The zero-order chi connectivity index (χ0) is 20.7. The SMILES string of the molecule is CCC(C)(C)C(O)(C(=O)OCC[N+](CC)(CC)CC)c1ccc(OC)cc1. The summed E-state index contributed by atoms with van der Waals surface area (Å²) < 4.78 is 11.7. The highest BCUT2D eigenvalue weighted by molar-refractivity contribution is 5.82. The number of hydrogen-bond donors (Lipinski definition) is 1. The topological polar surface area (TPSA) is 55.8 Å². The summed E-state index contributed by atoms with van der Waals surface area (Å²) in [6.45, 7) is 16.2. The third kappa shape index (κ3) is 4.82. The molecule has 0 heterocycles. The van der Waals surface area contributed by atoms with Crippen molar-refractivity contribution in [2.45, 2.75) is 53.6 Å². The second-order valence-electron chi connectivity index (χ2n) is 7.83. The number of carbonyl (C=O) groups excluding carboxylic acids is 1. The smallest absolute Gasteiger partial charge is 0.343 e. The van der Waals surface area contributed by atoms with Crippen LogP contribution in [0.2, 0.25) is 0 Å². The maximum absolute atomic E-state index is 13.1. The average molecular weight is 381 g/mol. The molecule has 0 radical (unpaired) electrons. The van der Waals surface area contributed by atoms with Crippen molar-refractivity contribution in [2.24, 2.45) is 5.41 Å². The number of carbonyl (C=O) groups is 1. The average Bonchev–Trinajstić information content (AvgIpc) is 2.70. The van der Waals surface area contributed by atoms with Gasteiger partial charge in [-0.1, -0.05) is 32.9 Å². The van der Waals surface area contributed by atoms with Crippen LogP contribution in [0.5, 0.6) is 5.75 Å². The molecule has 0 bridgehead atoms. The van der Waals surface area contributed by atoms with Crippen LogP contribution in [0.4, 0.5) is 0 Å². The fourth-order valence-corrected chi connectivity index (χ4v) is 3.45. The van der Waals surface area contributed by atoms with Gasteiger partial charge >= 0.3 is 5.97 Å². The van der Waals surface area contributed by atoms with E-state index in [1.54, 1.807) is 31.4 Å². The summed E-state index contributed by atoms with van der Waals surface area (Å²) in [4.78, 5) is 13.1. The summed E-state index contributed by atoms with van der Waals surface area (Å²) in [6, 6.07) is 6.99. The van der Waals surface area contributed by atoms with Gasteiger partial charge in [-0.15, -0.1) is 0 Å². The summed E-state index contributed by atoms with van der Waals surface area (Å²) in [5.41, 5.74) is -1.86. The fraction of sp³-hybridized carbons (Fsp3) is 0.682. The van der Waals surface area contributed by atoms with E-state index in [2.05, 4.69) is 20.8 Å². The van der Waals surface area contributed by atoms with E-state index in [-0.39, 0.29) is 0 Å². The summed E-state index contributed by atoms with van der Waals surface area (Å²) in [7, 11) is 1.59. The standard InChI is InChI=1S/C22H38NO4/c1-8-21(5,6)22(25,18-12-14-19(26-7)15-13-18)20(24)27-17-16-23(9-2,10-3)11-4/h12-15,25H,8-11,16-17H2,1-7H3/q+1. The Morgan fingerprint density at radius 1 is 1.04 bits per heavy atom. The van der Waals surface area contributed by atoms with Crippen LogP contribution in [-0.2, 0) is 15.1 Å². The van der Waals surface area contributed by atoms with Crippen molar-refractivity contribution in [3.63, 3.8) is 0 Å². The van der Waals surface area contributed by atoms with Crippen molar-refractivity contribution in [3.8, 4) is 5.75 Å². The molecule has 27 heavy (non-hydrogen) atoms. The molecule has 1 unspecified atom stereocenters. The molecule has 0 aliphatic heterocycles. The second-order valence-corrected chi connectivity index (χ2v) is 7.83. The summed E-state index contributed by atoms with van der Waals surface area (Å²) >= 11 is 0. The number of quaternary nitrogens is 1. The van der Waals surface area contributed by atoms with Crippen molar-refractivity contribution in [3.05, 3.63) is 29.8 Å². The molecule has 0 aromatic heterocycles. The third-order valence-electron chi connectivity index (χ3n) is 6.48. The van der Waals surface area contributed by atoms with E-state index in [0.29, 0.717) is 24.3 Å². The minimum absolute atomic E-state index is 0.298. The highest BCUT2D eigenvalue weighted by atomic mass is 16.6. The number of esters is 1. The molecule has 1 atom stereocenters. The van der Waals surface area contributed by atoms with Crippen LogP contribution in [0, 0.1) is 5.41 Å². The molecule has 0 saturated heterocycles. The van der Waals surface area contributed by atoms with Gasteiger partial charge in [-0.3, -0.25) is 0 Å². The van der Waals surface area contributed by atoms with E-state index in [0.717, 1.165) is 30.7 Å². The Morgan fingerprint density at radius 3 is 1.96 bits per heavy atom. The molecule has 1 rings (SSSR count). The lowest BCUT2D eigenvalue weighted by Gasteiger charge is -2.41. The molecule has 0 amide bonds. The first-order valence-corrected chi connectivity index (χ1v) is 10.1. The number of rotatable bonds is 11. The summed E-state index contributed by atoms with van der Waals surface area (Å²) in [5.74, 6) is 0.0978. The first-order valence-electron chi connectivity index (χ1n) is 10.1. The molecule has 0 aliphatic rings. The second kappa shape index (κ2) is 9.56. The quantitative estimate of drug-likeness (QED) is 0.469. The zero-order valence-electron chi connectivity index (χ0n) is 18.2. The zero-order valence-corrected chi connectivity index (χ0v) is 18.2. The van der Waals surface area contributed by atoms with Crippen LogP contribution >= 0.6 is 0 Å². The highest BCUT2D eigenvalue weighted by Gasteiger charge is 2.51. The van der Waals surface area contributed by atoms with Gasteiger partial charge in [0.25, 0.3) is 0 Å². The van der Waals surface area contributed by atoms with Crippen LogP contribution in [0.1, 0.15) is 53.5 Å². The minimum Gasteiger partial charge on any atom is -0.497 e. The maximum Gasteiger partial charge on any atom is 0.343 e. The van der Waals surface area contributed by atoms with Crippen LogP contribution in [0.25, 0.3) is 0 Å². The fourth-order valence-electron chi connectivity index (χ4n) is 3.45. The number of nitrogens with zero attached hydrogens (tertiary/aromatic N) is 1. The van der Waals surface area contributed by atoms with Gasteiger partial charge in [0.05, 0.1) is 26.7 Å². The molecule has 0 aliphatic carbocycles. The molecule has 154 valence electrons. The first-order chi connectivity index (χ1) is 12.7. The van der Waals surface area contributed by atoms with E-state index < -0.39 is 17.0 Å². The Hall–Kier alpha value is -1.59. The number of benzene rings is 1. The Kier molecular flexibility index (Phi) is 8.30. The largest absolute Gasteiger partial charge is 0.497 e.